The monoisotopic (exact) mass is 343 g/mol. The lowest BCUT2D eigenvalue weighted by atomic mass is 9.85. The molecule has 20 heavy (non-hydrogen) atoms. The molecule has 2 rings (SSSR count). The van der Waals surface area contributed by atoms with Crippen molar-refractivity contribution in [3.8, 4) is 0 Å². The lowest BCUT2D eigenvalue weighted by molar-refractivity contribution is 0.0491. The predicted octanol–water partition coefficient (Wildman–Crippen LogP) is 3.72. The minimum absolute atomic E-state index is 0.208. The molecule has 0 saturated heterocycles. The molecule has 1 aliphatic carbocycles. The van der Waals surface area contributed by atoms with Gasteiger partial charge in [0.15, 0.2) is 0 Å². The molecule has 0 aliphatic heterocycles. The van der Waals surface area contributed by atoms with Crippen LogP contribution in [-0.2, 0) is 4.74 Å². The maximum atomic E-state index is 11.7. The average Bonchev–Trinajstić information content (AvgIpc) is 2.74. The molecule has 2 N–H and O–H groups in total. The van der Waals surface area contributed by atoms with Crippen LogP contribution in [0.4, 0.5) is 4.79 Å². The molecular weight excluding hydrogens is 322 g/mol. The number of nitrogens with zero attached hydrogens (tertiary/aromatic N) is 1. The molecule has 1 amide bonds. The van der Waals surface area contributed by atoms with Crippen LogP contribution in [-0.4, -0.2) is 27.7 Å². The van der Waals surface area contributed by atoms with Gasteiger partial charge in [-0.05, 0) is 62.4 Å². The molecule has 0 unspecified atom stereocenters. The van der Waals surface area contributed by atoms with E-state index in [9.17, 15) is 4.79 Å². The number of hydrogen-bond acceptors (Lipinski definition) is 3. The number of nitrogens with one attached hydrogen (secondary N) is 2. The molecule has 112 valence electrons. The highest BCUT2D eigenvalue weighted by Gasteiger charge is 2.26. The number of amides is 1. The van der Waals surface area contributed by atoms with Gasteiger partial charge in [-0.25, -0.2) is 9.78 Å². The van der Waals surface area contributed by atoms with E-state index in [-0.39, 0.29) is 12.1 Å². The number of alkyl carbamates (subject to hydrolysis) is 1. The Morgan fingerprint density at radius 1 is 1.40 bits per heavy atom. The summed E-state index contributed by atoms with van der Waals surface area (Å²) in [5.41, 5.74) is -0.443. The number of rotatable bonds is 2. The van der Waals surface area contributed by atoms with E-state index in [2.05, 4.69) is 31.2 Å². The van der Waals surface area contributed by atoms with E-state index in [4.69, 9.17) is 4.74 Å². The topological polar surface area (TPSA) is 67.0 Å². The largest absolute Gasteiger partial charge is 0.444 e. The van der Waals surface area contributed by atoms with E-state index in [1.54, 1.807) is 6.20 Å². The molecule has 1 aliphatic rings. The second kappa shape index (κ2) is 6.16. The van der Waals surface area contributed by atoms with Crippen LogP contribution in [0.25, 0.3) is 0 Å². The minimum Gasteiger partial charge on any atom is -0.444 e. The third-order valence-corrected chi connectivity index (χ3v) is 3.80. The van der Waals surface area contributed by atoms with Crippen molar-refractivity contribution in [1.82, 2.24) is 15.3 Å². The first kappa shape index (κ1) is 15.4. The minimum atomic E-state index is -0.443. The van der Waals surface area contributed by atoms with Crippen molar-refractivity contribution in [3.05, 3.63) is 16.6 Å². The smallest absolute Gasteiger partial charge is 0.407 e. The van der Waals surface area contributed by atoms with Crippen LogP contribution in [0.5, 0.6) is 0 Å². The Balaban J connectivity index is 1.78. The lowest BCUT2D eigenvalue weighted by Crippen LogP contribution is -2.40. The summed E-state index contributed by atoms with van der Waals surface area (Å²) in [6.45, 7) is 5.62. The molecule has 1 fully saturated rings. The molecule has 0 bridgehead atoms. The zero-order valence-corrected chi connectivity index (χ0v) is 13.8. The van der Waals surface area contributed by atoms with Crippen LogP contribution in [0.15, 0.2) is 10.8 Å². The Morgan fingerprint density at radius 3 is 2.55 bits per heavy atom. The molecule has 1 saturated carbocycles. The SMILES string of the molecule is CC(C)(C)OC(=O)N[C@H]1CC[C@H](c2ncc(Br)[nH]2)CC1. The van der Waals surface area contributed by atoms with Crippen molar-refractivity contribution in [1.29, 1.82) is 0 Å². The van der Waals surface area contributed by atoms with Gasteiger partial charge in [0.2, 0.25) is 0 Å². The van der Waals surface area contributed by atoms with Gasteiger partial charge in [-0.1, -0.05) is 0 Å². The average molecular weight is 344 g/mol. The van der Waals surface area contributed by atoms with Crippen molar-refractivity contribution in [2.75, 3.05) is 0 Å². The second-order valence-electron chi connectivity index (χ2n) is 6.31. The first-order valence-electron chi connectivity index (χ1n) is 7.03. The number of aromatic nitrogens is 2. The quantitative estimate of drug-likeness (QED) is 0.859. The van der Waals surface area contributed by atoms with Crippen molar-refractivity contribution in [2.45, 2.75) is 64.0 Å². The summed E-state index contributed by atoms with van der Waals surface area (Å²) in [7, 11) is 0. The van der Waals surface area contributed by atoms with Crippen molar-refractivity contribution in [3.63, 3.8) is 0 Å². The third-order valence-electron chi connectivity index (χ3n) is 3.40. The Kier molecular flexibility index (Phi) is 4.73. The van der Waals surface area contributed by atoms with Gasteiger partial charge in [-0.3, -0.25) is 0 Å². The van der Waals surface area contributed by atoms with E-state index >= 15 is 0 Å². The Morgan fingerprint density at radius 2 is 2.05 bits per heavy atom. The highest BCUT2D eigenvalue weighted by atomic mass is 79.9. The number of hydrogen-bond donors (Lipinski definition) is 2. The zero-order valence-electron chi connectivity index (χ0n) is 12.2. The molecule has 0 spiro atoms. The number of aromatic amines is 1. The Bertz CT molecular complexity index is 459. The van der Waals surface area contributed by atoms with Crippen LogP contribution in [0.3, 0.4) is 0 Å². The van der Waals surface area contributed by atoms with Crippen LogP contribution >= 0.6 is 15.9 Å². The number of carbonyl (C=O) groups excluding carboxylic acids is 1. The number of carbonyl (C=O) groups is 1. The predicted molar refractivity (Wildman–Crippen MR) is 80.7 cm³/mol. The molecule has 0 aromatic carbocycles. The van der Waals surface area contributed by atoms with Gasteiger partial charge < -0.3 is 15.0 Å². The molecule has 6 heteroatoms. The number of H-pyrrole nitrogens is 1. The van der Waals surface area contributed by atoms with Crippen molar-refractivity contribution < 1.29 is 9.53 Å². The standard InChI is InChI=1S/C14H22BrN3O2/c1-14(2,3)20-13(19)17-10-6-4-9(5-7-10)12-16-8-11(15)18-12/h8-10H,4-7H2,1-3H3,(H,16,18)(H,17,19)/t9-,10-. The van der Waals surface area contributed by atoms with Crippen molar-refractivity contribution in [2.24, 2.45) is 0 Å². The van der Waals surface area contributed by atoms with E-state index in [1.807, 2.05) is 20.8 Å². The highest BCUT2D eigenvalue weighted by Crippen LogP contribution is 2.31. The summed E-state index contributed by atoms with van der Waals surface area (Å²) in [4.78, 5) is 19.3. The molecule has 0 atom stereocenters. The zero-order chi connectivity index (χ0) is 14.8. The first-order valence-corrected chi connectivity index (χ1v) is 7.83. The van der Waals surface area contributed by atoms with E-state index in [0.717, 1.165) is 36.1 Å². The summed E-state index contributed by atoms with van der Waals surface area (Å²) < 4.78 is 6.20. The normalized spacial score (nSPS) is 23.4. The molecule has 1 aromatic heterocycles. The van der Waals surface area contributed by atoms with Crippen LogP contribution in [0, 0.1) is 0 Å². The highest BCUT2D eigenvalue weighted by molar-refractivity contribution is 9.10. The van der Waals surface area contributed by atoms with Gasteiger partial charge in [-0.15, -0.1) is 0 Å². The van der Waals surface area contributed by atoms with Crippen LogP contribution in [0.1, 0.15) is 58.2 Å². The number of ether oxygens (including phenoxy) is 1. The van der Waals surface area contributed by atoms with E-state index in [0.29, 0.717) is 5.92 Å². The first-order chi connectivity index (χ1) is 9.33. The van der Waals surface area contributed by atoms with Gasteiger partial charge in [-0.2, -0.15) is 0 Å². The summed E-state index contributed by atoms with van der Waals surface area (Å²) in [5, 5.41) is 2.95. The van der Waals surface area contributed by atoms with E-state index in [1.165, 1.54) is 0 Å². The number of imidazole rings is 1. The summed E-state index contributed by atoms with van der Waals surface area (Å²) in [6.07, 6.45) is 5.45. The molecule has 5 nitrogen and oxygen atoms in total. The number of halogens is 1. The van der Waals surface area contributed by atoms with Crippen LogP contribution in [0.2, 0.25) is 0 Å². The van der Waals surface area contributed by atoms with E-state index < -0.39 is 5.60 Å². The molecule has 1 heterocycles. The van der Waals surface area contributed by atoms with Gasteiger partial charge in [0.25, 0.3) is 0 Å². The Hall–Kier alpha value is -1.04. The van der Waals surface area contributed by atoms with Gasteiger partial charge in [0, 0.05) is 12.0 Å². The van der Waals surface area contributed by atoms with Crippen LogP contribution < -0.4 is 5.32 Å². The van der Waals surface area contributed by atoms with Gasteiger partial charge in [0.05, 0.1) is 6.20 Å². The summed E-state index contributed by atoms with van der Waals surface area (Å²) in [5.74, 6) is 1.49. The summed E-state index contributed by atoms with van der Waals surface area (Å²) in [6, 6.07) is 0.208. The fourth-order valence-electron chi connectivity index (χ4n) is 2.51. The maximum Gasteiger partial charge on any atom is 0.407 e. The second-order valence-corrected chi connectivity index (χ2v) is 7.17. The molecular formula is C14H22BrN3O2. The summed E-state index contributed by atoms with van der Waals surface area (Å²) >= 11 is 3.38. The maximum absolute atomic E-state index is 11.7. The fraction of sp³-hybridized carbons (Fsp3) is 0.714. The lowest BCUT2D eigenvalue weighted by Gasteiger charge is -2.29. The van der Waals surface area contributed by atoms with Gasteiger partial charge in [0.1, 0.15) is 16.0 Å². The Labute approximate surface area is 128 Å². The molecule has 0 radical (unpaired) electrons. The van der Waals surface area contributed by atoms with Gasteiger partial charge >= 0.3 is 6.09 Å². The third kappa shape index (κ3) is 4.51. The fourth-order valence-corrected chi connectivity index (χ4v) is 2.81. The molecule has 1 aromatic rings. The van der Waals surface area contributed by atoms with Crippen molar-refractivity contribution >= 4 is 22.0 Å².